The fourth-order valence-electron chi connectivity index (χ4n) is 2.02. The van der Waals surface area contributed by atoms with Crippen molar-refractivity contribution in [2.24, 2.45) is 0 Å². The van der Waals surface area contributed by atoms with E-state index in [9.17, 15) is 0 Å². The zero-order valence-corrected chi connectivity index (χ0v) is 11.8. The molecule has 0 saturated carbocycles. The third-order valence-electron chi connectivity index (χ3n) is 3.01. The van der Waals surface area contributed by atoms with Gasteiger partial charge in [-0.15, -0.1) is 0 Å². The van der Waals surface area contributed by atoms with Crippen LogP contribution in [0.2, 0.25) is 0 Å². The topological polar surface area (TPSA) is 12.9 Å². The first-order valence-electron chi connectivity index (χ1n) is 6.10. The van der Waals surface area contributed by atoms with Gasteiger partial charge in [0.05, 0.1) is 5.69 Å². The molecule has 0 fully saturated rings. The normalized spacial score (nSPS) is 11.2. The van der Waals surface area contributed by atoms with Crippen LogP contribution in [-0.4, -0.2) is 4.98 Å². The Kier molecular flexibility index (Phi) is 3.43. The van der Waals surface area contributed by atoms with Gasteiger partial charge in [0, 0.05) is 16.1 Å². The molecular weight excluding hydrogens is 298 g/mol. The largest absolute Gasteiger partial charge is 0.256 e. The van der Waals surface area contributed by atoms with Gasteiger partial charge in [-0.3, -0.25) is 4.98 Å². The van der Waals surface area contributed by atoms with Crippen molar-refractivity contribution in [3.8, 4) is 0 Å². The second-order valence-electron chi connectivity index (χ2n) is 4.30. The summed E-state index contributed by atoms with van der Waals surface area (Å²) >= 11 is 3.44. The van der Waals surface area contributed by atoms with Crippen molar-refractivity contribution in [2.75, 3.05) is 0 Å². The standard InChI is InChI=1S/C17H12BrN/c18-15-8-5-13(6-9-15)7-10-17-16-4-2-1-3-14(16)11-12-19-17/h1-12H. The number of halogens is 1. The summed E-state index contributed by atoms with van der Waals surface area (Å²) in [7, 11) is 0. The maximum absolute atomic E-state index is 4.44. The number of hydrogen-bond donors (Lipinski definition) is 0. The molecule has 0 spiro atoms. The van der Waals surface area contributed by atoms with Crippen molar-refractivity contribution < 1.29 is 0 Å². The molecule has 1 aromatic heterocycles. The average Bonchev–Trinajstić information content (AvgIpc) is 2.47. The highest BCUT2D eigenvalue weighted by Gasteiger charge is 1.97. The van der Waals surface area contributed by atoms with E-state index >= 15 is 0 Å². The minimum Gasteiger partial charge on any atom is -0.256 e. The molecule has 0 aliphatic rings. The van der Waals surface area contributed by atoms with Gasteiger partial charge in [0.25, 0.3) is 0 Å². The summed E-state index contributed by atoms with van der Waals surface area (Å²) in [6, 6.07) is 18.6. The second kappa shape index (κ2) is 5.37. The molecule has 0 saturated heterocycles. The fraction of sp³-hybridized carbons (Fsp3) is 0. The first-order chi connectivity index (χ1) is 9.33. The molecule has 3 aromatic rings. The van der Waals surface area contributed by atoms with Gasteiger partial charge in [0.2, 0.25) is 0 Å². The van der Waals surface area contributed by atoms with Gasteiger partial charge in [0.1, 0.15) is 0 Å². The summed E-state index contributed by atoms with van der Waals surface area (Å²) < 4.78 is 1.09. The first kappa shape index (κ1) is 12.1. The predicted octanol–water partition coefficient (Wildman–Crippen LogP) is 5.17. The van der Waals surface area contributed by atoms with Gasteiger partial charge in [-0.25, -0.2) is 0 Å². The minimum atomic E-state index is 1.00. The summed E-state index contributed by atoms with van der Waals surface area (Å²) in [4.78, 5) is 4.44. The van der Waals surface area contributed by atoms with Gasteiger partial charge < -0.3 is 0 Å². The van der Waals surface area contributed by atoms with Crippen LogP contribution in [0.15, 0.2) is 65.3 Å². The average molecular weight is 310 g/mol. The first-order valence-corrected chi connectivity index (χ1v) is 6.90. The van der Waals surface area contributed by atoms with Crippen LogP contribution in [0.1, 0.15) is 11.3 Å². The molecule has 2 aromatic carbocycles. The number of fused-ring (bicyclic) bond motifs is 1. The van der Waals surface area contributed by atoms with Crippen LogP contribution >= 0.6 is 15.9 Å². The fourth-order valence-corrected chi connectivity index (χ4v) is 2.29. The molecular formula is C17H12BrN. The summed E-state index contributed by atoms with van der Waals surface area (Å²) in [6.45, 7) is 0. The molecule has 0 N–H and O–H groups in total. The van der Waals surface area contributed by atoms with E-state index in [0.717, 1.165) is 15.7 Å². The van der Waals surface area contributed by atoms with Gasteiger partial charge in [0.15, 0.2) is 0 Å². The van der Waals surface area contributed by atoms with Gasteiger partial charge in [-0.05, 0) is 35.2 Å². The smallest absolute Gasteiger partial charge is 0.0708 e. The molecule has 0 unspecified atom stereocenters. The van der Waals surface area contributed by atoms with Crippen LogP contribution < -0.4 is 0 Å². The maximum atomic E-state index is 4.44. The SMILES string of the molecule is Brc1ccc(C=Cc2nccc3ccccc23)cc1. The van der Waals surface area contributed by atoms with Crippen LogP contribution in [-0.2, 0) is 0 Å². The Bertz CT molecular complexity index is 724. The Labute approximate surface area is 120 Å². The van der Waals surface area contributed by atoms with Crippen LogP contribution in [0.25, 0.3) is 22.9 Å². The number of aromatic nitrogens is 1. The minimum absolute atomic E-state index is 1.00. The molecule has 0 radical (unpaired) electrons. The summed E-state index contributed by atoms with van der Waals surface area (Å²) in [5.41, 5.74) is 2.17. The molecule has 92 valence electrons. The molecule has 0 aliphatic carbocycles. The number of pyridine rings is 1. The van der Waals surface area contributed by atoms with E-state index in [0.29, 0.717) is 0 Å². The van der Waals surface area contributed by atoms with E-state index in [4.69, 9.17) is 0 Å². The lowest BCUT2D eigenvalue weighted by Gasteiger charge is -2.00. The Balaban J connectivity index is 1.99. The predicted molar refractivity (Wildman–Crippen MR) is 84.8 cm³/mol. The molecule has 0 atom stereocenters. The zero-order chi connectivity index (χ0) is 13.1. The highest BCUT2D eigenvalue weighted by atomic mass is 79.9. The highest BCUT2D eigenvalue weighted by molar-refractivity contribution is 9.10. The Morgan fingerprint density at radius 1 is 0.842 bits per heavy atom. The molecule has 1 nitrogen and oxygen atoms in total. The second-order valence-corrected chi connectivity index (χ2v) is 5.22. The summed E-state index contributed by atoms with van der Waals surface area (Å²) in [5.74, 6) is 0. The maximum Gasteiger partial charge on any atom is 0.0708 e. The molecule has 3 rings (SSSR count). The Hall–Kier alpha value is -1.93. The van der Waals surface area contributed by atoms with Crippen LogP contribution in [0.4, 0.5) is 0 Å². The molecule has 2 heteroatoms. The summed E-state index contributed by atoms with van der Waals surface area (Å²) in [6.07, 6.45) is 6.00. The Morgan fingerprint density at radius 2 is 1.63 bits per heavy atom. The molecule has 1 heterocycles. The van der Waals surface area contributed by atoms with Crippen molar-refractivity contribution in [1.29, 1.82) is 0 Å². The number of benzene rings is 2. The van der Waals surface area contributed by atoms with Crippen molar-refractivity contribution >= 4 is 38.9 Å². The van der Waals surface area contributed by atoms with Gasteiger partial charge in [-0.2, -0.15) is 0 Å². The third kappa shape index (κ3) is 2.74. The van der Waals surface area contributed by atoms with Crippen LogP contribution in [0, 0.1) is 0 Å². The lowest BCUT2D eigenvalue weighted by molar-refractivity contribution is 1.33. The van der Waals surface area contributed by atoms with E-state index in [2.05, 4.69) is 57.3 Å². The van der Waals surface area contributed by atoms with E-state index in [-0.39, 0.29) is 0 Å². The highest BCUT2D eigenvalue weighted by Crippen LogP contribution is 2.19. The molecule has 0 bridgehead atoms. The number of rotatable bonds is 2. The van der Waals surface area contributed by atoms with Crippen molar-refractivity contribution in [3.05, 3.63) is 76.5 Å². The van der Waals surface area contributed by atoms with Crippen molar-refractivity contribution in [1.82, 2.24) is 4.98 Å². The van der Waals surface area contributed by atoms with E-state index in [1.54, 1.807) is 0 Å². The van der Waals surface area contributed by atoms with Crippen LogP contribution in [0.5, 0.6) is 0 Å². The van der Waals surface area contributed by atoms with E-state index < -0.39 is 0 Å². The molecule has 0 aliphatic heterocycles. The lowest BCUT2D eigenvalue weighted by Crippen LogP contribution is -1.82. The summed E-state index contributed by atoms with van der Waals surface area (Å²) in [5, 5.41) is 2.39. The third-order valence-corrected chi connectivity index (χ3v) is 3.54. The van der Waals surface area contributed by atoms with Crippen molar-refractivity contribution in [3.63, 3.8) is 0 Å². The zero-order valence-electron chi connectivity index (χ0n) is 10.3. The number of nitrogens with zero attached hydrogens (tertiary/aromatic N) is 1. The monoisotopic (exact) mass is 309 g/mol. The molecule has 19 heavy (non-hydrogen) atoms. The van der Waals surface area contributed by atoms with E-state index in [1.807, 2.05) is 36.5 Å². The number of hydrogen-bond acceptors (Lipinski definition) is 1. The Morgan fingerprint density at radius 3 is 2.47 bits per heavy atom. The lowest BCUT2D eigenvalue weighted by atomic mass is 10.1. The van der Waals surface area contributed by atoms with E-state index in [1.165, 1.54) is 10.8 Å². The van der Waals surface area contributed by atoms with Crippen LogP contribution in [0.3, 0.4) is 0 Å². The quantitative estimate of drug-likeness (QED) is 0.636. The van der Waals surface area contributed by atoms with Gasteiger partial charge >= 0.3 is 0 Å². The van der Waals surface area contributed by atoms with Crippen molar-refractivity contribution in [2.45, 2.75) is 0 Å². The molecule has 0 amide bonds. The van der Waals surface area contributed by atoms with Gasteiger partial charge in [-0.1, -0.05) is 58.4 Å².